The van der Waals surface area contributed by atoms with E-state index in [0.717, 1.165) is 18.5 Å². The van der Waals surface area contributed by atoms with E-state index in [-0.39, 0.29) is 0 Å². The van der Waals surface area contributed by atoms with Crippen LogP contribution in [-0.2, 0) is 19.5 Å². The predicted octanol–water partition coefficient (Wildman–Crippen LogP) is 2.81. The number of hydrogen-bond donors (Lipinski definition) is 1. The molecule has 3 heteroatoms. The lowest BCUT2D eigenvalue weighted by Crippen LogP contribution is -2.15. The van der Waals surface area contributed by atoms with E-state index in [2.05, 4.69) is 47.6 Å². The summed E-state index contributed by atoms with van der Waals surface area (Å²) in [5, 5.41) is 12.4. The van der Waals surface area contributed by atoms with Crippen molar-refractivity contribution in [2.75, 3.05) is 0 Å². The lowest BCUT2D eigenvalue weighted by atomic mass is 10.1. The second kappa shape index (κ2) is 6.67. The van der Waals surface area contributed by atoms with Crippen molar-refractivity contribution in [2.24, 2.45) is 0 Å². The molecular weight excluding hydrogens is 234 g/mol. The number of pyridine rings is 1. The summed E-state index contributed by atoms with van der Waals surface area (Å²) in [6.07, 6.45) is 2.68. The van der Waals surface area contributed by atoms with Gasteiger partial charge in [-0.05, 0) is 23.6 Å². The maximum Gasteiger partial charge on any atom is 0.144 e. The Morgan fingerprint density at radius 1 is 1.05 bits per heavy atom. The van der Waals surface area contributed by atoms with Gasteiger partial charge in [-0.25, -0.2) is 4.98 Å². The van der Waals surface area contributed by atoms with Crippen LogP contribution in [0, 0.1) is 11.3 Å². The summed E-state index contributed by atoms with van der Waals surface area (Å²) in [6, 6.07) is 14.3. The van der Waals surface area contributed by atoms with Gasteiger partial charge in [-0.1, -0.05) is 37.3 Å². The fraction of sp³-hybridized carbons (Fsp3) is 0.250. The molecule has 0 bridgehead atoms. The molecule has 0 amide bonds. The average Bonchev–Trinajstić information content (AvgIpc) is 2.48. The molecule has 19 heavy (non-hydrogen) atoms. The van der Waals surface area contributed by atoms with Crippen molar-refractivity contribution in [2.45, 2.75) is 26.4 Å². The summed E-state index contributed by atoms with van der Waals surface area (Å²) in [4.78, 5) is 4.06. The first-order chi connectivity index (χ1) is 9.35. The van der Waals surface area contributed by atoms with Crippen LogP contribution in [0.5, 0.6) is 0 Å². The Morgan fingerprint density at radius 3 is 2.47 bits per heavy atom. The molecule has 0 radical (unpaired) electrons. The zero-order valence-corrected chi connectivity index (χ0v) is 11.1. The van der Waals surface area contributed by atoms with E-state index in [4.69, 9.17) is 5.26 Å². The van der Waals surface area contributed by atoms with E-state index >= 15 is 0 Å². The molecular formula is C16H17N3. The highest BCUT2D eigenvalue weighted by Gasteiger charge is 2.03. The van der Waals surface area contributed by atoms with Gasteiger partial charge in [0.05, 0.1) is 0 Å². The largest absolute Gasteiger partial charge is 0.309 e. The van der Waals surface area contributed by atoms with Crippen LogP contribution in [0.3, 0.4) is 0 Å². The standard InChI is InChI=1S/C16H17N3/c1-2-13-6-3-4-7-14(13)11-18-12-15-8-5-9-19-16(15)10-17/h3-9,18H,2,11-12H2,1H3. The minimum atomic E-state index is 0.499. The number of benzene rings is 1. The Bertz CT molecular complexity index is 585. The number of aryl methyl sites for hydroxylation is 1. The summed E-state index contributed by atoms with van der Waals surface area (Å²) >= 11 is 0. The molecule has 0 unspecified atom stereocenters. The van der Waals surface area contributed by atoms with Crippen LogP contribution in [0.25, 0.3) is 0 Å². The molecule has 3 nitrogen and oxygen atoms in total. The molecule has 1 heterocycles. The molecule has 0 spiro atoms. The van der Waals surface area contributed by atoms with Crippen LogP contribution in [0.1, 0.15) is 29.3 Å². The topological polar surface area (TPSA) is 48.7 Å². The molecule has 0 aliphatic rings. The highest BCUT2D eigenvalue weighted by Crippen LogP contribution is 2.10. The molecule has 1 aromatic heterocycles. The lowest BCUT2D eigenvalue weighted by Gasteiger charge is -2.09. The van der Waals surface area contributed by atoms with Gasteiger partial charge in [0.2, 0.25) is 0 Å². The molecule has 2 aromatic rings. The van der Waals surface area contributed by atoms with Gasteiger partial charge in [0.25, 0.3) is 0 Å². The number of nitrogens with zero attached hydrogens (tertiary/aromatic N) is 2. The average molecular weight is 251 g/mol. The normalized spacial score (nSPS) is 10.1. The fourth-order valence-electron chi connectivity index (χ4n) is 2.09. The smallest absolute Gasteiger partial charge is 0.144 e. The van der Waals surface area contributed by atoms with Gasteiger partial charge in [0, 0.05) is 24.8 Å². The Morgan fingerprint density at radius 2 is 1.74 bits per heavy atom. The van der Waals surface area contributed by atoms with E-state index in [1.807, 2.05) is 12.1 Å². The molecule has 0 atom stereocenters. The van der Waals surface area contributed by atoms with Crippen molar-refractivity contribution in [3.8, 4) is 6.07 Å². The van der Waals surface area contributed by atoms with E-state index in [1.54, 1.807) is 6.20 Å². The van der Waals surface area contributed by atoms with E-state index < -0.39 is 0 Å². The molecule has 1 N–H and O–H groups in total. The third-order valence-electron chi connectivity index (χ3n) is 3.13. The van der Waals surface area contributed by atoms with Gasteiger partial charge in [0.15, 0.2) is 0 Å². The minimum absolute atomic E-state index is 0.499. The first-order valence-electron chi connectivity index (χ1n) is 6.46. The van der Waals surface area contributed by atoms with Crippen molar-refractivity contribution in [1.29, 1.82) is 5.26 Å². The van der Waals surface area contributed by atoms with Crippen molar-refractivity contribution in [1.82, 2.24) is 10.3 Å². The first kappa shape index (κ1) is 13.3. The minimum Gasteiger partial charge on any atom is -0.309 e. The van der Waals surface area contributed by atoms with Crippen molar-refractivity contribution in [3.63, 3.8) is 0 Å². The van der Waals surface area contributed by atoms with Gasteiger partial charge in [0.1, 0.15) is 11.8 Å². The quantitative estimate of drug-likeness (QED) is 0.889. The Labute approximate surface area is 113 Å². The third kappa shape index (κ3) is 3.40. The predicted molar refractivity (Wildman–Crippen MR) is 75.3 cm³/mol. The summed E-state index contributed by atoms with van der Waals surface area (Å²) in [6.45, 7) is 3.63. The first-order valence-corrected chi connectivity index (χ1v) is 6.46. The highest BCUT2D eigenvalue weighted by atomic mass is 14.9. The van der Waals surface area contributed by atoms with Crippen LogP contribution >= 0.6 is 0 Å². The molecule has 1 aromatic carbocycles. The van der Waals surface area contributed by atoms with Gasteiger partial charge >= 0.3 is 0 Å². The summed E-state index contributed by atoms with van der Waals surface area (Å²) < 4.78 is 0. The van der Waals surface area contributed by atoms with E-state index in [0.29, 0.717) is 12.2 Å². The number of nitriles is 1. The van der Waals surface area contributed by atoms with Crippen LogP contribution in [0.15, 0.2) is 42.6 Å². The third-order valence-corrected chi connectivity index (χ3v) is 3.13. The Kier molecular flexibility index (Phi) is 4.66. The maximum absolute atomic E-state index is 8.98. The number of aromatic nitrogens is 1. The van der Waals surface area contributed by atoms with Crippen LogP contribution in [-0.4, -0.2) is 4.98 Å². The second-order valence-corrected chi connectivity index (χ2v) is 4.35. The summed E-state index contributed by atoms with van der Waals surface area (Å²) in [5.41, 5.74) is 4.12. The Hall–Kier alpha value is -2.18. The Balaban J connectivity index is 1.99. The van der Waals surface area contributed by atoms with Gasteiger partial charge in [-0.2, -0.15) is 5.26 Å². The monoisotopic (exact) mass is 251 g/mol. The van der Waals surface area contributed by atoms with Crippen molar-refractivity contribution >= 4 is 0 Å². The lowest BCUT2D eigenvalue weighted by molar-refractivity contribution is 0.685. The SMILES string of the molecule is CCc1ccccc1CNCc1cccnc1C#N. The molecule has 0 saturated heterocycles. The molecule has 96 valence electrons. The molecule has 2 rings (SSSR count). The number of hydrogen-bond acceptors (Lipinski definition) is 3. The van der Waals surface area contributed by atoms with Crippen molar-refractivity contribution in [3.05, 3.63) is 65.0 Å². The number of rotatable bonds is 5. The highest BCUT2D eigenvalue weighted by molar-refractivity contribution is 5.31. The van der Waals surface area contributed by atoms with Crippen LogP contribution in [0.2, 0.25) is 0 Å². The van der Waals surface area contributed by atoms with Gasteiger partial charge < -0.3 is 5.32 Å². The second-order valence-electron chi connectivity index (χ2n) is 4.35. The maximum atomic E-state index is 8.98. The zero-order chi connectivity index (χ0) is 13.5. The van der Waals surface area contributed by atoms with Crippen molar-refractivity contribution < 1.29 is 0 Å². The molecule has 0 saturated carbocycles. The molecule has 0 aliphatic heterocycles. The van der Waals surface area contributed by atoms with Gasteiger partial charge in [-0.3, -0.25) is 0 Å². The van der Waals surface area contributed by atoms with Crippen LogP contribution in [0.4, 0.5) is 0 Å². The van der Waals surface area contributed by atoms with E-state index in [1.165, 1.54) is 11.1 Å². The zero-order valence-electron chi connectivity index (χ0n) is 11.1. The summed E-state index contributed by atoms with van der Waals surface area (Å²) in [5.74, 6) is 0. The van der Waals surface area contributed by atoms with Crippen LogP contribution < -0.4 is 5.32 Å². The van der Waals surface area contributed by atoms with Gasteiger partial charge in [-0.15, -0.1) is 0 Å². The number of nitrogens with one attached hydrogen (secondary N) is 1. The fourth-order valence-corrected chi connectivity index (χ4v) is 2.09. The molecule has 0 fully saturated rings. The summed E-state index contributed by atoms with van der Waals surface area (Å²) in [7, 11) is 0. The molecule has 0 aliphatic carbocycles. The van der Waals surface area contributed by atoms with E-state index in [9.17, 15) is 0 Å².